The molecule has 2 aromatic rings. The van der Waals surface area contributed by atoms with Gasteiger partial charge in [0.2, 0.25) is 0 Å². The predicted molar refractivity (Wildman–Crippen MR) is 61.4 cm³/mol. The average Bonchev–Trinajstić information content (AvgIpc) is 2.17. The Morgan fingerprint density at radius 2 is 1.65 bits per heavy atom. The van der Waals surface area contributed by atoms with Crippen LogP contribution in [0.25, 0.3) is 10.8 Å². The summed E-state index contributed by atoms with van der Waals surface area (Å²) in [4.78, 5) is -0.0944. The van der Waals surface area contributed by atoms with Crippen LogP contribution in [0.2, 0.25) is 0 Å². The van der Waals surface area contributed by atoms with Crippen LogP contribution in [0.1, 0.15) is 11.1 Å². The van der Waals surface area contributed by atoms with Gasteiger partial charge in [-0.05, 0) is 30.4 Å². The summed E-state index contributed by atoms with van der Waals surface area (Å²) in [6, 6.07) is 8.93. The molecule has 84 valence electrons. The molecule has 0 aliphatic carbocycles. The molecule has 3 nitrogen and oxygen atoms in total. The molecule has 0 radical (unpaired) electrons. The molecule has 0 amide bonds. The van der Waals surface area contributed by atoms with Crippen molar-refractivity contribution in [3.8, 4) is 0 Å². The van der Waals surface area contributed by atoms with Crippen LogP contribution in [0, 0.1) is 13.8 Å². The summed E-state index contributed by atoms with van der Waals surface area (Å²) >= 11 is 0. The van der Waals surface area contributed by atoms with Crippen LogP contribution in [0.3, 0.4) is 0 Å². The fourth-order valence-corrected chi connectivity index (χ4v) is 2.94. The van der Waals surface area contributed by atoms with E-state index < -0.39 is 10.1 Å². The first kappa shape index (κ1) is 15.3. The SMILES string of the molecule is Cc1ccc2cccc(C)c2c1S(=O)(=O)[O-].[K+]. The fraction of sp³-hybridized carbons (Fsp3) is 0.167. The molecule has 0 atom stereocenters. The minimum Gasteiger partial charge on any atom is -0.744 e. The Bertz CT molecular complexity index is 663. The molecule has 0 bridgehead atoms. The molecule has 0 fully saturated rings. The minimum atomic E-state index is -4.43. The van der Waals surface area contributed by atoms with E-state index in [4.69, 9.17) is 0 Å². The van der Waals surface area contributed by atoms with Crippen molar-refractivity contribution >= 4 is 20.9 Å². The van der Waals surface area contributed by atoms with Gasteiger partial charge in [0.15, 0.2) is 0 Å². The van der Waals surface area contributed by atoms with Gasteiger partial charge in [-0.15, -0.1) is 0 Å². The van der Waals surface area contributed by atoms with Gasteiger partial charge in [-0.2, -0.15) is 0 Å². The van der Waals surface area contributed by atoms with Gasteiger partial charge in [0.1, 0.15) is 10.1 Å². The molecule has 0 saturated carbocycles. The number of rotatable bonds is 1. The van der Waals surface area contributed by atoms with Crippen LogP contribution in [0.4, 0.5) is 0 Å². The summed E-state index contributed by atoms with van der Waals surface area (Å²) in [6.07, 6.45) is 0. The quantitative estimate of drug-likeness (QED) is 0.514. The third-order valence-corrected chi connectivity index (χ3v) is 3.68. The van der Waals surface area contributed by atoms with Crippen LogP contribution in [-0.4, -0.2) is 13.0 Å². The Morgan fingerprint density at radius 1 is 1.00 bits per heavy atom. The number of aryl methyl sites for hydroxylation is 2. The van der Waals surface area contributed by atoms with Gasteiger partial charge in [-0.3, -0.25) is 0 Å². The Hall–Kier alpha value is 0.246. The Morgan fingerprint density at radius 3 is 2.24 bits per heavy atom. The molecule has 17 heavy (non-hydrogen) atoms. The van der Waals surface area contributed by atoms with E-state index in [9.17, 15) is 13.0 Å². The second-order valence-electron chi connectivity index (χ2n) is 3.84. The van der Waals surface area contributed by atoms with Crippen molar-refractivity contribution in [1.29, 1.82) is 0 Å². The van der Waals surface area contributed by atoms with Crippen LogP contribution >= 0.6 is 0 Å². The molecule has 2 rings (SSSR count). The van der Waals surface area contributed by atoms with Gasteiger partial charge < -0.3 is 4.55 Å². The molecule has 0 spiro atoms. The van der Waals surface area contributed by atoms with Gasteiger partial charge in [0.25, 0.3) is 0 Å². The van der Waals surface area contributed by atoms with Crippen LogP contribution in [-0.2, 0) is 10.1 Å². The summed E-state index contributed by atoms with van der Waals surface area (Å²) in [5.41, 5.74) is 1.30. The maximum Gasteiger partial charge on any atom is 1.00 e. The van der Waals surface area contributed by atoms with Gasteiger partial charge in [-0.25, -0.2) is 8.42 Å². The number of benzene rings is 2. The summed E-state index contributed by atoms with van der Waals surface area (Å²) in [7, 11) is -4.43. The first-order valence-electron chi connectivity index (χ1n) is 4.86. The maximum absolute atomic E-state index is 11.3. The zero-order valence-electron chi connectivity index (χ0n) is 10.0. The molecular formula is C12H11KO3S. The third kappa shape index (κ3) is 2.98. The van der Waals surface area contributed by atoms with Crippen molar-refractivity contribution in [2.45, 2.75) is 18.7 Å². The first-order valence-corrected chi connectivity index (χ1v) is 6.27. The van der Waals surface area contributed by atoms with Crippen LogP contribution in [0.5, 0.6) is 0 Å². The average molecular weight is 274 g/mol. The van der Waals surface area contributed by atoms with Gasteiger partial charge >= 0.3 is 51.4 Å². The Labute approximate surface area is 143 Å². The summed E-state index contributed by atoms with van der Waals surface area (Å²) in [5.74, 6) is 0. The molecule has 0 aromatic heterocycles. The molecule has 2 aromatic carbocycles. The van der Waals surface area contributed by atoms with E-state index in [-0.39, 0.29) is 56.3 Å². The molecule has 0 heterocycles. The second-order valence-corrected chi connectivity index (χ2v) is 5.16. The van der Waals surface area contributed by atoms with E-state index in [1.807, 2.05) is 12.1 Å². The van der Waals surface area contributed by atoms with E-state index in [0.29, 0.717) is 10.9 Å². The topological polar surface area (TPSA) is 57.2 Å². The normalized spacial score (nSPS) is 11.2. The largest absolute Gasteiger partial charge is 1.00 e. The standard InChI is InChI=1S/C12H12O3S.K/c1-8-4-3-5-10-7-6-9(2)12(11(8)10)16(13,14)15;/h3-7H,1-2H3,(H,13,14,15);/q;+1/p-1. The molecule has 5 heteroatoms. The summed E-state index contributed by atoms with van der Waals surface area (Å²) < 4.78 is 33.8. The zero-order valence-corrected chi connectivity index (χ0v) is 14.0. The molecule has 0 aliphatic rings. The molecular weight excluding hydrogens is 263 g/mol. The van der Waals surface area contributed by atoms with Crippen LogP contribution < -0.4 is 51.4 Å². The molecule has 0 saturated heterocycles. The Kier molecular flexibility index (Phi) is 4.94. The third-order valence-electron chi connectivity index (χ3n) is 2.65. The van der Waals surface area contributed by atoms with Crippen molar-refractivity contribution in [2.75, 3.05) is 0 Å². The van der Waals surface area contributed by atoms with E-state index in [1.54, 1.807) is 32.0 Å². The van der Waals surface area contributed by atoms with E-state index in [1.165, 1.54) is 0 Å². The van der Waals surface area contributed by atoms with Crippen molar-refractivity contribution in [1.82, 2.24) is 0 Å². The van der Waals surface area contributed by atoms with Crippen molar-refractivity contribution in [3.05, 3.63) is 41.5 Å². The first-order chi connectivity index (χ1) is 7.41. The van der Waals surface area contributed by atoms with Gasteiger partial charge in [0, 0.05) is 5.39 Å². The molecule has 0 unspecified atom stereocenters. The zero-order chi connectivity index (χ0) is 11.9. The van der Waals surface area contributed by atoms with Gasteiger partial charge in [-0.1, -0.05) is 30.3 Å². The van der Waals surface area contributed by atoms with E-state index >= 15 is 0 Å². The number of hydrogen-bond donors (Lipinski definition) is 0. The van der Waals surface area contributed by atoms with Crippen molar-refractivity contribution in [2.24, 2.45) is 0 Å². The summed E-state index contributed by atoms with van der Waals surface area (Å²) in [6.45, 7) is 3.44. The van der Waals surface area contributed by atoms with Gasteiger partial charge in [0.05, 0.1) is 4.90 Å². The van der Waals surface area contributed by atoms with Crippen molar-refractivity contribution < 1.29 is 64.4 Å². The second kappa shape index (κ2) is 5.48. The predicted octanol–water partition coefficient (Wildman–Crippen LogP) is -0.635. The van der Waals surface area contributed by atoms with E-state index in [2.05, 4.69) is 0 Å². The minimum absolute atomic E-state index is 0. The number of hydrogen-bond acceptors (Lipinski definition) is 3. The monoisotopic (exact) mass is 274 g/mol. The molecule has 0 aliphatic heterocycles. The Balaban J connectivity index is 0.00000144. The van der Waals surface area contributed by atoms with E-state index in [0.717, 1.165) is 10.9 Å². The molecule has 0 N–H and O–H groups in total. The fourth-order valence-electron chi connectivity index (χ4n) is 1.95. The smallest absolute Gasteiger partial charge is 0.744 e. The van der Waals surface area contributed by atoms with Crippen LogP contribution in [0.15, 0.2) is 35.2 Å². The maximum atomic E-state index is 11.3. The summed E-state index contributed by atoms with van der Waals surface area (Å²) in [5, 5.41) is 1.32. The number of fused-ring (bicyclic) bond motifs is 1. The van der Waals surface area contributed by atoms with Crippen molar-refractivity contribution in [3.63, 3.8) is 0 Å².